The normalized spacial score (nSPS) is 11.5. The molecular weight excluding hydrogens is 821 g/mol. The summed E-state index contributed by atoms with van der Waals surface area (Å²) in [5.41, 5.74) is 16.2. The standard InChI is InChI=1S/C66H44N2/c1-2-18-46(19-3-1)63-44-52(40-41-58(63)59-29-10-13-33-64(59)68-65-34-14-11-30-60(65)61-31-12-15-35-66(61)68)67(51-24-16-23-48(42-51)54-32-17-22-45-20-4-6-25-53(45)54)50-38-36-47(37-39-50)62-43-49-21-5-7-26-55(49)56-27-8-9-28-57(56)62/h1-44H. The first kappa shape index (κ1) is 39.4. The van der Waals surface area contributed by atoms with E-state index in [0.29, 0.717) is 0 Å². The summed E-state index contributed by atoms with van der Waals surface area (Å²) in [6, 6.07) is 97.6. The average Bonchev–Trinajstić information content (AvgIpc) is 3.75. The summed E-state index contributed by atoms with van der Waals surface area (Å²) in [4.78, 5) is 2.42. The molecule has 13 rings (SSSR count). The minimum atomic E-state index is 1.07. The molecule has 0 N–H and O–H groups in total. The molecule has 0 aliphatic rings. The highest BCUT2D eigenvalue weighted by Crippen LogP contribution is 2.45. The van der Waals surface area contributed by atoms with Gasteiger partial charge in [0.2, 0.25) is 0 Å². The van der Waals surface area contributed by atoms with Crippen LogP contribution < -0.4 is 4.90 Å². The van der Waals surface area contributed by atoms with Gasteiger partial charge in [0.25, 0.3) is 0 Å². The molecule has 0 atom stereocenters. The van der Waals surface area contributed by atoms with E-state index in [2.05, 4.69) is 276 Å². The van der Waals surface area contributed by atoms with Crippen LogP contribution in [-0.4, -0.2) is 4.57 Å². The van der Waals surface area contributed by atoms with Crippen LogP contribution in [0.25, 0.3) is 104 Å². The average molecular weight is 865 g/mol. The highest BCUT2D eigenvalue weighted by Gasteiger charge is 2.21. The Labute approximate surface area is 395 Å². The number of hydrogen-bond donors (Lipinski definition) is 0. The van der Waals surface area contributed by atoms with Crippen molar-refractivity contribution in [1.82, 2.24) is 4.57 Å². The van der Waals surface area contributed by atoms with Gasteiger partial charge in [-0.05, 0) is 132 Å². The molecule has 13 aromatic rings. The lowest BCUT2D eigenvalue weighted by atomic mass is 9.92. The van der Waals surface area contributed by atoms with E-state index in [1.54, 1.807) is 0 Å². The number of nitrogens with zero attached hydrogens (tertiary/aromatic N) is 2. The third kappa shape index (κ3) is 6.65. The van der Waals surface area contributed by atoms with Crippen molar-refractivity contribution in [2.75, 3.05) is 4.90 Å². The minimum Gasteiger partial charge on any atom is -0.310 e. The molecule has 0 aliphatic carbocycles. The molecule has 0 bridgehead atoms. The number of hydrogen-bond acceptors (Lipinski definition) is 1. The molecule has 0 amide bonds. The number of anilines is 3. The van der Waals surface area contributed by atoms with Gasteiger partial charge in [0.15, 0.2) is 0 Å². The Hall–Kier alpha value is -8.98. The Bertz CT molecular complexity index is 3970. The zero-order valence-corrected chi connectivity index (χ0v) is 37.3. The molecule has 1 aromatic heterocycles. The number of rotatable bonds is 8. The van der Waals surface area contributed by atoms with E-state index >= 15 is 0 Å². The van der Waals surface area contributed by atoms with E-state index in [0.717, 1.165) is 33.9 Å². The van der Waals surface area contributed by atoms with Gasteiger partial charge in [-0.1, -0.05) is 206 Å². The van der Waals surface area contributed by atoms with E-state index < -0.39 is 0 Å². The Morgan fingerprint density at radius 1 is 0.235 bits per heavy atom. The summed E-state index contributed by atoms with van der Waals surface area (Å²) in [5.74, 6) is 0. The maximum Gasteiger partial charge on any atom is 0.0541 e. The van der Waals surface area contributed by atoms with Gasteiger partial charge in [-0.2, -0.15) is 0 Å². The molecule has 0 saturated carbocycles. The van der Waals surface area contributed by atoms with Crippen molar-refractivity contribution in [3.8, 4) is 50.2 Å². The third-order valence-corrected chi connectivity index (χ3v) is 13.8. The first-order valence-corrected chi connectivity index (χ1v) is 23.4. The van der Waals surface area contributed by atoms with E-state index in [1.807, 2.05) is 0 Å². The zero-order valence-electron chi connectivity index (χ0n) is 37.3. The minimum absolute atomic E-state index is 1.07. The molecule has 0 saturated heterocycles. The summed E-state index contributed by atoms with van der Waals surface area (Å²) < 4.78 is 2.44. The second-order valence-corrected chi connectivity index (χ2v) is 17.6. The van der Waals surface area contributed by atoms with Gasteiger partial charge in [0.05, 0.1) is 16.7 Å². The van der Waals surface area contributed by atoms with Gasteiger partial charge in [0.1, 0.15) is 0 Å². The fourth-order valence-electron chi connectivity index (χ4n) is 10.7. The Kier molecular flexibility index (Phi) is 9.54. The lowest BCUT2D eigenvalue weighted by molar-refractivity contribution is 1.18. The predicted molar refractivity (Wildman–Crippen MR) is 290 cm³/mol. The highest BCUT2D eigenvalue weighted by molar-refractivity contribution is 6.14. The zero-order chi connectivity index (χ0) is 45.0. The lowest BCUT2D eigenvalue weighted by Crippen LogP contribution is -2.10. The van der Waals surface area contributed by atoms with E-state index in [9.17, 15) is 0 Å². The van der Waals surface area contributed by atoms with Gasteiger partial charge in [-0.3, -0.25) is 0 Å². The molecule has 0 spiro atoms. The molecule has 12 aromatic carbocycles. The van der Waals surface area contributed by atoms with Crippen LogP contribution in [0.3, 0.4) is 0 Å². The van der Waals surface area contributed by atoms with Crippen LogP contribution in [0, 0.1) is 0 Å². The van der Waals surface area contributed by atoms with Gasteiger partial charge >= 0.3 is 0 Å². The summed E-state index contributed by atoms with van der Waals surface area (Å²) in [7, 11) is 0. The SMILES string of the molecule is c1ccc(-c2cc(N(c3ccc(-c4cc5ccccc5c5ccccc45)cc3)c3cccc(-c4cccc5ccccc45)c3)ccc2-c2ccccc2-n2c3ccccc3c3ccccc32)cc1. The summed E-state index contributed by atoms with van der Waals surface area (Å²) in [6.45, 7) is 0. The van der Waals surface area contributed by atoms with Crippen molar-refractivity contribution < 1.29 is 0 Å². The van der Waals surface area contributed by atoms with Crippen LogP contribution in [0.1, 0.15) is 0 Å². The van der Waals surface area contributed by atoms with Crippen molar-refractivity contribution in [3.05, 3.63) is 267 Å². The van der Waals surface area contributed by atoms with E-state index in [-0.39, 0.29) is 0 Å². The molecule has 68 heavy (non-hydrogen) atoms. The van der Waals surface area contributed by atoms with E-state index in [4.69, 9.17) is 0 Å². The summed E-state index contributed by atoms with van der Waals surface area (Å²) >= 11 is 0. The fourth-order valence-corrected chi connectivity index (χ4v) is 10.7. The van der Waals surface area contributed by atoms with Crippen LogP contribution in [-0.2, 0) is 0 Å². The Balaban J connectivity index is 1.01. The molecule has 0 fully saturated rings. The molecule has 0 unspecified atom stereocenters. The molecule has 2 nitrogen and oxygen atoms in total. The molecule has 0 aliphatic heterocycles. The smallest absolute Gasteiger partial charge is 0.0541 e. The fraction of sp³-hybridized carbons (Fsp3) is 0. The maximum atomic E-state index is 2.44. The van der Waals surface area contributed by atoms with Crippen LogP contribution in [0.2, 0.25) is 0 Å². The molecule has 2 heteroatoms. The van der Waals surface area contributed by atoms with Crippen molar-refractivity contribution in [1.29, 1.82) is 0 Å². The van der Waals surface area contributed by atoms with Crippen LogP contribution in [0.15, 0.2) is 267 Å². The molecular formula is C66H44N2. The Morgan fingerprint density at radius 2 is 0.765 bits per heavy atom. The van der Waals surface area contributed by atoms with Crippen LogP contribution in [0.4, 0.5) is 17.1 Å². The topological polar surface area (TPSA) is 8.17 Å². The van der Waals surface area contributed by atoms with Crippen LogP contribution >= 0.6 is 0 Å². The van der Waals surface area contributed by atoms with E-state index in [1.165, 1.54) is 87.5 Å². The second kappa shape index (κ2) is 16.5. The summed E-state index contributed by atoms with van der Waals surface area (Å²) in [6.07, 6.45) is 0. The maximum absolute atomic E-state index is 2.44. The molecule has 318 valence electrons. The number of fused-ring (bicyclic) bond motifs is 7. The highest BCUT2D eigenvalue weighted by atomic mass is 15.1. The van der Waals surface area contributed by atoms with Crippen molar-refractivity contribution >= 4 is 71.2 Å². The number of para-hydroxylation sites is 3. The third-order valence-electron chi connectivity index (χ3n) is 13.8. The number of benzene rings is 12. The largest absolute Gasteiger partial charge is 0.310 e. The predicted octanol–water partition coefficient (Wildman–Crippen LogP) is 18.4. The summed E-state index contributed by atoms with van der Waals surface area (Å²) in [5, 5.41) is 10.0. The van der Waals surface area contributed by atoms with Gasteiger partial charge < -0.3 is 9.47 Å². The monoisotopic (exact) mass is 864 g/mol. The Morgan fingerprint density at radius 3 is 1.54 bits per heavy atom. The molecule has 0 radical (unpaired) electrons. The van der Waals surface area contributed by atoms with Gasteiger partial charge in [-0.25, -0.2) is 0 Å². The first-order valence-electron chi connectivity index (χ1n) is 23.4. The second-order valence-electron chi connectivity index (χ2n) is 17.6. The van der Waals surface area contributed by atoms with Crippen molar-refractivity contribution in [2.45, 2.75) is 0 Å². The van der Waals surface area contributed by atoms with Crippen molar-refractivity contribution in [3.63, 3.8) is 0 Å². The van der Waals surface area contributed by atoms with Gasteiger partial charge in [-0.15, -0.1) is 0 Å². The van der Waals surface area contributed by atoms with Gasteiger partial charge in [0, 0.05) is 33.4 Å². The van der Waals surface area contributed by atoms with Crippen molar-refractivity contribution in [2.24, 2.45) is 0 Å². The lowest BCUT2D eigenvalue weighted by Gasteiger charge is -2.28. The quantitative estimate of drug-likeness (QED) is 0.138. The number of aromatic nitrogens is 1. The van der Waals surface area contributed by atoms with Crippen LogP contribution in [0.5, 0.6) is 0 Å². The molecule has 1 heterocycles. The first-order chi connectivity index (χ1) is 33.7.